The maximum atomic E-state index is 8.38. The van der Waals surface area contributed by atoms with Crippen LogP contribution in [0, 0.1) is 0 Å². The molecule has 0 saturated heterocycles. The van der Waals surface area contributed by atoms with Crippen LogP contribution >= 0.6 is 12.4 Å². The molecule has 0 aliphatic carbocycles. The molecular formula is C11H17ClN2O3. The predicted molar refractivity (Wildman–Crippen MR) is 69.1 cm³/mol. The fourth-order valence-corrected chi connectivity index (χ4v) is 1.22. The van der Waals surface area contributed by atoms with Crippen molar-refractivity contribution >= 4 is 24.4 Å². The first kappa shape index (κ1) is 15.5. The molecule has 0 aliphatic heterocycles. The van der Waals surface area contributed by atoms with Gasteiger partial charge in [-0.2, -0.15) is 0 Å². The van der Waals surface area contributed by atoms with Crippen molar-refractivity contribution < 1.29 is 14.7 Å². The average Bonchev–Trinajstić information content (AvgIpc) is 2.30. The number of halogens is 1. The van der Waals surface area contributed by atoms with E-state index in [1.807, 2.05) is 19.3 Å². The van der Waals surface area contributed by atoms with Crippen LogP contribution in [-0.2, 0) is 0 Å². The minimum absolute atomic E-state index is 0. The molecule has 0 fully saturated rings. The molecule has 0 bridgehead atoms. The van der Waals surface area contributed by atoms with Gasteiger partial charge in [0.1, 0.15) is 6.34 Å². The third-order valence-electron chi connectivity index (χ3n) is 1.80. The molecule has 2 N–H and O–H groups in total. The van der Waals surface area contributed by atoms with Crippen LogP contribution in [0.4, 0.5) is 5.69 Å². The minimum atomic E-state index is 0. The van der Waals surface area contributed by atoms with Gasteiger partial charge in [-0.3, -0.25) is 10.7 Å². The van der Waals surface area contributed by atoms with E-state index in [4.69, 9.17) is 14.7 Å². The zero-order valence-electron chi connectivity index (χ0n) is 9.84. The van der Waals surface area contributed by atoms with E-state index in [9.17, 15) is 0 Å². The molecule has 0 aliphatic rings. The Morgan fingerprint density at radius 2 is 1.88 bits per heavy atom. The van der Waals surface area contributed by atoms with E-state index in [-0.39, 0.29) is 12.4 Å². The molecule has 1 rings (SSSR count). The van der Waals surface area contributed by atoms with Crippen molar-refractivity contribution in [2.24, 2.45) is 4.99 Å². The lowest BCUT2D eigenvalue weighted by Gasteiger charge is -2.10. The number of hydrogen-bond acceptors (Lipinski definition) is 4. The van der Waals surface area contributed by atoms with Gasteiger partial charge in [-0.1, -0.05) is 0 Å². The van der Waals surface area contributed by atoms with E-state index in [2.05, 4.69) is 4.99 Å². The Morgan fingerprint density at radius 3 is 2.47 bits per heavy atom. The quantitative estimate of drug-likeness (QED) is 0.469. The summed E-state index contributed by atoms with van der Waals surface area (Å²) < 4.78 is 10.8. The molecule has 0 atom stereocenters. The van der Waals surface area contributed by atoms with Crippen LogP contribution in [-0.4, -0.2) is 24.8 Å². The molecular weight excluding hydrogens is 244 g/mol. The minimum Gasteiger partial charge on any atom is -0.490 e. The van der Waals surface area contributed by atoms with Crippen LogP contribution in [0.15, 0.2) is 23.2 Å². The van der Waals surface area contributed by atoms with Crippen molar-refractivity contribution in [1.82, 2.24) is 5.48 Å². The summed E-state index contributed by atoms with van der Waals surface area (Å²) in [6.45, 7) is 4.96. The van der Waals surface area contributed by atoms with Crippen molar-refractivity contribution in [3.05, 3.63) is 18.2 Å². The Labute approximate surface area is 107 Å². The number of benzene rings is 1. The molecule has 17 heavy (non-hydrogen) atoms. The van der Waals surface area contributed by atoms with E-state index < -0.39 is 0 Å². The lowest BCUT2D eigenvalue weighted by molar-refractivity contribution is 0.240. The molecule has 0 amide bonds. The molecule has 0 spiro atoms. The van der Waals surface area contributed by atoms with E-state index >= 15 is 0 Å². The summed E-state index contributed by atoms with van der Waals surface area (Å²) in [4.78, 5) is 3.95. The maximum absolute atomic E-state index is 8.38. The number of aliphatic imine (C=N–C) groups is 1. The molecule has 0 heterocycles. The highest BCUT2D eigenvalue weighted by Gasteiger charge is 2.04. The van der Waals surface area contributed by atoms with Gasteiger partial charge in [0.15, 0.2) is 11.5 Å². The summed E-state index contributed by atoms with van der Waals surface area (Å²) in [7, 11) is 0. The molecule has 0 radical (unpaired) electrons. The average molecular weight is 261 g/mol. The molecule has 5 nitrogen and oxygen atoms in total. The fraction of sp³-hybridized carbons (Fsp3) is 0.364. The van der Waals surface area contributed by atoms with Crippen molar-refractivity contribution in [2.75, 3.05) is 13.2 Å². The SMILES string of the molecule is CCOc1ccc(N=CNO)cc1OCC.Cl. The summed E-state index contributed by atoms with van der Waals surface area (Å²) in [6, 6.07) is 5.32. The zero-order chi connectivity index (χ0) is 11.8. The van der Waals surface area contributed by atoms with Gasteiger partial charge in [-0.15, -0.1) is 12.4 Å². The first-order valence-electron chi connectivity index (χ1n) is 5.13. The number of hydrogen-bond donors (Lipinski definition) is 2. The van der Waals surface area contributed by atoms with Crippen LogP contribution in [0.3, 0.4) is 0 Å². The van der Waals surface area contributed by atoms with Gasteiger partial charge >= 0.3 is 0 Å². The number of rotatable bonds is 6. The number of hydroxylamine groups is 1. The highest BCUT2D eigenvalue weighted by molar-refractivity contribution is 5.85. The van der Waals surface area contributed by atoms with Crippen molar-refractivity contribution in [3.8, 4) is 11.5 Å². The summed E-state index contributed by atoms with van der Waals surface area (Å²) in [6.07, 6.45) is 1.19. The largest absolute Gasteiger partial charge is 0.490 e. The van der Waals surface area contributed by atoms with Gasteiger partial charge < -0.3 is 9.47 Å². The van der Waals surface area contributed by atoms with Gasteiger partial charge in [-0.05, 0) is 26.0 Å². The van der Waals surface area contributed by atoms with Crippen LogP contribution in [0.5, 0.6) is 11.5 Å². The Morgan fingerprint density at radius 1 is 1.24 bits per heavy atom. The summed E-state index contributed by atoms with van der Waals surface area (Å²) >= 11 is 0. The van der Waals surface area contributed by atoms with Gasteiger partial charge in [0.2, 0.25) is 0 Å². The lowest BCUT2D eigenvalue weighted by Crippen LogP contribution is -2.01. The van der Waals surface area contributed by atoms with Crippen molar-refractivity contribution in [3.63, 3.8) is 0 Å². The summed E-state index contributed by atoms with van der Waals surface area (Å²) in [5.41, 5.74) is 2.52. The fourth-order valence-electron chi connectivity index (χ4n) is 1.22. The van der Waals surface area contributed by atoms with Gasteiger partial charge in [0, 0.05) is 6.07 Å². The highest BCUT2D eigenvalue weighted by atomic mass is 35.5. The smallest absolute Gasteiger partial charge is 0.163 e. The van der Waals surface area contributed by atoms with Crippen molar-refractivity contribution in [1.29, 1.82) is 0 Å². The van der Waals surface area contributed by atoms with Crippen LogP contribution < -0.4 is 15.0 Å². The second kappa shape index (κ2) is 8.66. The van der Waals surface area contributed by atoms with E-state index in [1.165, 1.54) is 6.34 Å². The maximum Gasteiger partial charge on any atom is 0.163 e. The predicted octanol–water partition coefficient (Wildman–Crippen LogP) is 2.54. The van der Waals surface area contributed by atoms with E-state index in [0.29, 0.717) is 30.4 Å². The zero-order valence-corrected chi connectivity index (χ0v) is 10.7. The van der Waals surface area contributed by atoms with Crippen LogP contribution in [0.2, 0.25) is 0 Å². The molecule has 1 aromatic carbocycles. The van der Waals surface area contributed by atoms with E-state index in [0.717, 1.165) is 0 Å². The molecule has 1 aromatic rings. The molecule has 0 saturated carbocycles. The van der Waals surface area contributed by atoms with Crippen molar-refractivity contribution in [2.45, 2.75) is 13.8 Å². The third kappa shape index (κ3) is 4.93. The topological polar surface area (TPSA) is 63.1 Å². The third-order valence-corrected chi connectivity index (χ3v) is 1.80. The highest BCUT2D eigenvalue weighted by Crippen LogP contribution is 2.31. The first-order valence-corrected chi connectivity index (χ1v) is 5.13. The second-order valence-corrected chi connectivity index (χ2v) is 2.88. The molecule has 0 aromatic heterocycles. The van der Waals surface area contributed by atoms with Gasteiger partial charge in [0.05, 0.1) is 18.9 Å². The van der Waals surface area contributed by atoms with E-state index in [1.54, 1.807) is 18.2 Å². The summed E-state index contributed by atoms with van der Waals surface area (Å²) in [5.74, 6) is 1.34. The number of nitrogens with zero attached hydrogens (tertiary/aromatic N) is 1. The molecule has 6 heteroatoms. The first-order chi connectivity index (χ1) is 7.81. The second-order valence-electron chi connectivity index (χ2n) is 2.88. The monoisotopic (exact) mass is 260 g/mol. The Bertz CT molecular complexity index is 359. The van der Waals surface area contributed by atoms with Crippen LogP contribution in [0.25, 0.3) is 0 Å². The van der Waals surface area contributed by atoms with Crippen LogP contribution in [0.1, 0.15) is 13.8 Å². The normalized spacial score (nSPS) is 9.82. The molecule has 96 valence electrons. The Kier molecular flexibility index (Phi) is 7.92. The van der Waals surface area contributed by atoms with Gasteiger partial charge in [0.25, 0.3) is 0 Å². The standard InChI is InChI=1S/C11H16N2O3.ClH/c1-3-15-10-6-5-9(12-8-13-14)7-11(10)16-4-2;/h5-8,14H,3-4H2,1-2H3,(H,12,13);1H. The Balaban J connectivity index is 0.00000256. The Hall–Kier alpha value is -1.46. The number of nitrogens with one attached hydrogen (secondary N) is 1. The molecule has 0 unspecified atom stereocenters. The summed E-state index contributed by atoms with van der Waals surface area (Å²) in [5, 5.41) is 8.38. The number of ether oxygens (including phenoxy) is 2. The lowest BCUT2D eigenvalue weighted by atomic mass is 10.3. The van der Waals surface area contributed by atoms with Gasteiger partial charge in [-0.25, -0.2) is 4.99 Å².